The molecular formula is C17H19ClN2O3S. The van der Waals surface area contributed by atoms with Crippen molar-refractivity contribution in [2.75, 3.05) is 4.72 Å². The van der Waals surface area contributed by atoms with E-state index < -0.39 is 15.7 Å². The zero-order valence-corrected chi connectivity index (χ0v) is 15.2. The summed E-state index contributed by atoms with van der Waals surface area (Å²) in [6.45, 7) is 6.25. The lowest BCUT2D eigenvalue weighted by atomic mass is 9.87. The lowest BCUT2D eigenvalue weighted by Crippen LogP contribution is -2.17. The van der Waals surface area contributed by atoms with Gasteiger partial charge in [-0.3, -0.25) is 0 Å². The predicted octanol–water partition coefficient (Wildman–Crippen LogP) is 3.83. The maximum atomic E-state index is 12.9. The van der Waals surface area contributed by atoms with Crippen LogP contribution in [0.1, 0.15) is 36.8 Å². The molecule has 2 N–H and O–H groups in total. The number of hydrogen-bond acceptors (Lipinski definition) is 3. The maximum Gasteiger partial charge on any atom is 0.356 e. The number of rotatable bonds is 4. The van der Waals surface area contributed by atoms with E-state index in [1.165, 1.54) is 12.3 Å². The Morgan fingerprint density at radius 2 is 1.88 bits per heavy atom. The summed E-state index contributed by atoms with van der Waals surface area (Å²) in [7, 11) is -2.96. The van der Waals surface area contributed by atoms with Crippen LogP contribution in [0.3, 0.4) is 0 Å². The highest BCUT2D eigenvalue weighted by molar-refractivity contribution is 8.01. The van der Waals surface area contributed by atoms with E-state index in [-0.39, 0.29) is 21.8 Å². The molecule has 0 saturated heterocycles. The van der Waals surface area contributed by atoms with Gasteiger partial charge in [-0.2, -0.15) is 0 Å². The van der Waals surface area contributed by atoms with Crippen LogP contribution >= 0.6 is 11.6 Å². The van der Waals surface area contributed by atoms with Crippen molar-refractivity contribution in [1.82, 2.24) is 4.98 Å². The Balaban J connectivity index is 2.39. The summed E-state index contributed by atoms with van der Waals surface area (Å²) in [5.74, 6) is 2.47. The van der Waals surface area contributed by atoms with Crippen molar-refractivity contribution in [1.29, 1.82) is 0 Å². The molecule has 1 unspecified atom stereocenters. The number of nitrogens with zero attached hydrogens (tertiary/aromatic N) is 1. The van der Waals surface area contributed by atoms with E-state index in [4.69, 9.17) is 11.6 Å². The van der Waals surface area contributed by atoms with Crippen LogP contribution in [0.4, 0.5) is 5.69 Å². The summed E-state index contributed by atoms with van der Waals surface area (Å²) in [4.78, 5) is 15.5. The Kier molecular flexibility index (Phi) is 4.92. The normalized spacial score (nSPS) is 14.0. The van der Waals surface area contributed by atoms with Gasteiger partial charge in [0, 0.05) is 11.1 Å². The van der Waals surface area contributed by atoms with Gasteiger partial charge in [-0.1, -0.05) is 44.5 Å². The molecule has 0 aliphatic rings. The van der Waals surface area contributed by atoms with Crippen LogP contribution in [0.15, 0.2) is 41.4 Å². The van der Waals surface area contributed by atoms with Crippen LogP contribution in [0.2, 0.25) is 5.02 Å². The first kappa shape index (κ1) is 18.3. The van der Waals surface area contributed by atoms with Gasteiger partial charge in [0.25, 0.3) is 0 Å². The monoisotopic (exact) mass is 366 g/mol. The number of aromatic carboxylic acids is 1. The number of carboxylic acids is 1. The molecule has 5 nitrogen and oxygen atoms in total. The minimum Gasteiger partial charge on any atom is -0.476 e. The summed E-state index contributed by atoms with van der Waals surface area (Å²) in [5.41, 5.74) is 0.871. The lowest BCUT2D eigenvalue weighted by Gasteiger charge is -2.20. The van der Waals surface area contributed by atoms with E-state index in [9.17, 15) is 14.1 Å². The molecule has 0 amide bonds. The van der Waals surface area contributed by atoms with Crippen LogP contribution in [0, 0.1) is 0 Å². The van der Waals surface area contributed by atoms with Gasteiger partial charge in [0.2, 0.25) is 0 Å². The van der Waals surface area contributed by atoms with Gasteiger partial charge in [-0.15, -0.1) is 0 Å². The van der Waals surface area contributed by atoms with E-state index in [1.807, 2.05) is 12.1 Å². The quantitative estimate of drug-likeness (QED) is 0.806. The van der Waals surface area contributed by atoms with Crippen molar-refractivity contribution < 1.29 is 14.1 Å². The summed E-state index contributed by atoms with van der Waals surface area (Å²) in [5, 5.41) is 9.43. The molecule has 0 radical (unpaired) electrons. The van der Waals surface area contributed by atoms with E-state index >= 15 is 0 Å². The average molecular weight is 367 g/mol. The highest BCUT2D eigenvalue weighted by Crippen LogP contribution is 2.25. The number of halogens is 1. The fourth-order valence-corrected chi connectivity index (χ4v) is 3.46. The molecule has 0 spiro atoms. The lowest BCUT2D eigenvalue weighted by molar-refractivity contribution is 0.0692. The fraction of sp³-hybridized carbons (Fsp3) is 0.235. The van der Waals surface area contributed by atoms with Gasteiger partial charge in [0.05, 0.1) is 20.4 Å². The van der Waals surface area contributed by atoms with Gasteiger partial charge >= 0.3 is 5.97 Å². The summed E-state index contributed by atoms with van der Waals surface area (Å²) < 4.78 is 15.6. The van der Waals surface area contributed by atoms with Gasteiger partial charge < -0.3 is 9.83 Å². The third-order valence-electron chi connectivity index (χ3n) is 3.43. The van der Waals surface area contributed by atoms with Crippen molar-refractivity contribution in [2.45, 2.75) is 31.1 Å². The Labute approximate surface area is 146 Å². The number of aromatic nitrogens is 1. The molecule has 7 heteroatoms. The van der Waals surface area contributed by atoms with Gasteiger partial charge in [-0.25, -0.2) is 14.0 Å². The van der Waals surface area contributed by atoms with Gasteiger partial charge in [0.1, 0.15) is 0 Å². The molecule has 128 valence electrons. The minimum atomic E-state index is -2.96. The van der Waals surface area contributed by atoms with Gasteiger partial charge in [-0.05, 0) is 35.0 Å². The molecule has 1 atom stereocenters. The largest absolute Gasteiger partial charge is 0.476 e. The molecule has 2 aromatic rings. The maximum absolute atomic E-state index is 12.9. The Morgan fingerprint density at radius 1 is 1.29 bits per heavy atom. The zero-order chi connectivity index (χ0) is 18.1. The van der Waals surface area contributed by atoms with E-state index in [1.54, 1.807) is 12.1 Å². The van der Waals surface area contributed by atoms with Crippen LogP contribution in [0.5, 0.6) is 0 Å². The highest BCUT2D eigenvalue weighted by Gasteiger charge is 2.18. The number of anilines is 1. The molecule has 1 aromatic carbocycles. The third kappa shape index (κ3) is 4.07. The first-order chi connectivity index (χ1) is 11.0. The van der Waals surface area contributed by atoms with Crippen molar-refractivity contribution in [3.05, 3.63) is 52.8 Å². The second kappa shape index (κ2) is 6.45. The number of pyridine rings is 1. The molecule has 0 fully saturated rings. The Hall–Kier alpha value is -2.05. The molecule has 0 aliphatic heterocycles. The van der Waals surface area contributed by atoms with Gasteiger partial charge in [0.15, 0.2) is 5.69 Å². The smallest absolute Gasteiger partial charge is 0.356 e. The SMILES string of the molecule is C=S(=O)(Nc1cc(Cl)cnc1C(=O)O)c1ccc(C(C)(C)C)cc1. The molecule has 0 bridgehead atoms. The fourth-order valence-electron chi connectivity index (χ4n) is 2.10. The van der Waals surface area contributed by atoms with Crippen LogP contribution in [0.25, 0.3) is 0 Å². The van der Waals surface area contributed by atoms with Crippen molar-refractivity contribution in [3.63, 3.8) is 0 Å². The predicted molar refractivity (Wildman–Crippen MR) is 98.5 cm³/mol. The van der Waals surface area contributed by atoms with E-state index in [2.05, 4.69) is 36.3 Å². The van der Waals surface area contributed by atoms with Crippen molar-refractivity contribution in [2.24, 2.45) is 0 Å². The zero-order valence-electron chi connectivity index (χ0n) is 13.7. The number of nitrogens with one attached hydrogen (secondary N) is 1. The molecule has 0 aliphatic carbocycles. The number of carbonyl (C=O) groups is 1. The summed E-state index contributed by atoms with van der Waals surface area (Å²) in [6, 6.07) is 8.58. The topological polar surface area (TPSA) is 79.3 Å². The van der Waals surface area contributed by atoms with Crippen molar-refractivity contribution in [3.8, 4) is 0 Å². The number of carboxylic acid groups (broad SMARTS) is 1. The average Bonchev–Trinajstić information content (AvgIpc) is 2.45. The Morgan fingerprint density at radius 3 is 2.38 bits per heavy atom. The molecule has 1 heterocycles. The molecule has 0 saturated carbocycles. The molecule has 24 heavy (non-hydrogen) atoms. The molecule has 1 aromatic heterocycles. The van der Waals surface area contributed by atoms with E-state index in [0.29, 0.717) is 4.90 Å². The van der Waals surface area contributed by atoms with Crippen LogP contribution in [-0.4, -0.2) is 26.1 Å². The molecule has 2 rings (SSSR count). The molecular weight excluding hydrogens is 348 g/mol. The first-order valence-electron chi connectivity index (χ1n) is 7.15. The van der Waals surface area contributed by atoms with Crippen molar-refractivity contribution >= 4 is 38.8 Å². The second-order valence-corrected chi connectivity index (χ2v) is 8.87. The minimum absolute atomic E-state index is 0.0264. The number of hydrogen-bond donors (Lipinski definition) is 2. The number of benzene rings is 1. The highest BCUT2D eigenvalue weighted by atomic mass is 35.5. The summed E-state index contributed by atoms with van der Waals surface area (Å²) in [6.07, 6.45) is 1.22. The summed E-state index contributed by atoms with van der Waals surface area (Å²) >= 11 is 5.86. The first-order valence-corrected chi connectivity index (χ1v) is 9.25. The standard InChI is InChI=1S/C17H19ClN2O3S/c1-17(2,3)11-5-7-13(8-6-11)24(4,23)20-14-9-12(18)10-19-15(14)16(21)22/h5-10H,4H2,1-3H3,(H,20,23)(H,21,22). The van der Waals surface area contributed by atoms with Crippen LogP contribution < -0.4 is 4.72 Å². The van der Waals surface area contributed by atoms with Crippen LogP contribution in [-0.2, 0) is 15.1 Å². The second-order valence-electron chi connectivity index (χ2n) is 6.41. The third-order valence-corrected chi connectivity index (χ3v) is 5.22. The Bertz CT molecular complexity index is 870. The van der Waals surface area contributed by atoms with E-state index in [0.717, 1.165) is 5.56 Å².